The van der Waals surface area contributed by atoms with E-state index in [1.54, 1.807) is 0 Å². The van der Waals surface area contributed by atoms with E-state index in [-0.39, 0.29) is 6.61 Å². The van der Waals surface area contributed by atoms with E-state index in [9.17, 15) is 5.11 Å². The lowest BCUT2D eigenvalue weighted by molar-refractivity contribution is 0.0405. The predicted molar refractivity (Wildman–Crippen MR) is 106 cm³/mol. The lowest BCUT2D eigenvalue weighted by Gasteiger charge is -2.15. The van der Waals surface area contributed by atoms with Gasteiger partial charge in [-0.2, -0.15) is 0 Å². The fraction of sp³-hybridized carbons (Fsp3) is 0.368. The van der Waals surface area contributed by atoms with Gasteiger partial charge in [0, 0.05) is 21.1 Å². The summed E-state index contributed by atoms with van der Waals surface area (Å²) in [4.78, 5) is 0. The summed E-state index contributed by atoms with van der Waals surface area (Å²) in [6.45, 7) is 4.71. The summed E-state index contributed by atoms with van der Waals surface area (Å²) >= 11 is 6.92. The number of ether oxygens (including phenoxy) is 3. The topological polar surface area (TPSA) is 47.9 Å². The zero-order chi connectivity index (χ0) is 18.1. The molecule has 2 aromatic carbocycles. The molecule has 0 amide bonds. The summed E-state index contributed by atoms with van der Waals surface area (Å²) in [5.41, 5.74) is 2.73. The van der Waals surface area contributed by atoms with Crippen LogP contribution in [0.4, 0.5) is 0 Å². The van der Waals surface area contributed by atoms with Gasteiger partial charge >= 0.3 is 0 Å². The van der Waals surface area contributed by atoms with Crippen molar-refractivity contribution in [1.82, 2.24) is 0 Å². The lowest BCUT2D eigenvalue weighted by atomic mass is 9.99. The molecule has 0 spiro atoms. The minimum absolute atomic E-state index is 0.0369. The van der Waals surface area contributed by atoms with Crippen LogP contribution in [0.3, 0.4) is 0 Å². The molecule has 0 aromatic heterocycles. The van der Waals surface area contributed by atoms with Gasteiger partial charge in [0.25, 0.3) is 0 Å². The molecule has 1 N–H and O–H groups in total. The molecule has 2 rings (SSSR count). The van der Waals surface area contributed by atoms with Crippen LogP contribution in [0.5, 0.6) is 5.75 Å². The van der Waals surface area contributed by atoms with Gasteiger partial charge in [-0.25, -0.2) is 0 Å². The molecule has 0 saturated carbocycles. The summed E-state index contributed by atoms with van der Waals surface area (Å²) in [6, 6.07) is 11.7. The molecule has 25 heavy (non-hydrogen) atoms. The van der Waals surface area contributed by atoms with Gasteiger partial charge in [-0.1, -0.05) is 37.9 Å². The highest BCUT2D eigenvalue weighted by atomic mass is 79.9. The van der Waals surface area contributed by atoms with Crippen molar-refractivity contribution in [1.29, 1.82) is 0 Å². The van der Waals surface area contributed by atoms with Crippen molar-refractivity contribution >= 4 is 31.9 Å². The molecule has 0 aliphatic heterocycles. The van der Waals surface area contributed by atoms with Gasteiger partial charge in [0.2, 0.25) is 0 Å². The molecule has 0 fully saturated rings. The molecule has 136 valence electrons. The first-order valence-corrected chi connectivity index (χ1v) is 9.71. The second kappa shape index (κ2) is 10.9. The molecule has 0 atom stereocenters. The van der Waals surface area contributed by atoms with Gasteiger partial charge < -0.3 is 19.3 Å². The van der Waals surface area contributed by atoms with E-state index in [2.05, 4.69) is 31.9 Å². The first kappa shape index (κ1) is 20.4. The highest BCUT2D eigenvalue weighted by molar-refractivity contribution is 9.10. The maximum Gasteiger partial charge on any atom is 0.128 e. The van der Waals surface area contributed by atoms with E-state index in [4.69, 9.17) is 14.2 Å². The Morgan fingerprint density at radius 2 is 1.48 bits per heavy atom. The minimum atomic E-state index is -0.0369. The molecule has 0 aliphatic carbocycles. The van der Waals surface area contributed by atoms with Crippen molar-refractivity contribution in [2.45, 2.75) is 13.5 Å². The predicted octanol–water partition coefficient (Wildman–Crippen LogP) is 4.80. The minimum Gasteiger partial charge on any atom is -0.490 e. The van der Waals surface area contributed by atoms with E-state index < -0.39 is 0 Å². The average Bonchev–Trinajstić information content (AvgIpc) is 2.61. The van der Waals surface area contributed by atoms with Gasteiger partial charge in [0.15, 0.2) is 0 Å². The van der Waals surface area contributed by atoms with Crippen LogP contribution < -0.4 is 4.74 Å². The van der Waals surface area contributed by atoms with Crippen molar-refractivity contribution < 1.29 is 19.3 Å². The van der Waals surface area contributed by atoms with E-state index in [1.165, 1.54) is 0 Å². The third kappa shape index (κ3) is 6.38. The van der Waals surface area contributed by atoms with E-state index in [0.29, 0.717) is 33.0 Å². The van der Waals surface area contributed by atoms with Crippen LogP contribution in [-0.4, -0.2) is 38.1 Å². The molecule has 0 aliphatic rings. The van der Waals surface area contributed by atoms with Crippen molar-refractivity contribution in [3.8, 4) is 16.9 Å². The highest BCUT2D eigenvalue weighted by Crippen LogP contribution is 2.35. The number of hydrogen-bond donors (Lipinski definition) is 1. The van der Waals surface area contributed by atoms with Crippen LogP contribution in [0.2, 0.25) is 0 Å². The second-order valence-corrected chi connectivity index (χ2v) is 7.09. The van der Waals surface area contributed by atoms with E-state index in [0.717, 1.165) is 31.4 Å². The van der Waals surface area contributed by atoms with Gasteiger partial charge in [-0.3, -0.25) is 0 Å². The van der Waals surface area contributed by atoms with E-state index >= 15 is 0 Å². The smallest absolute Gasteiger partial charge is 0.128 e. The van der Waals surface area contributed by atoms with Crippen molar-refractivity contribution in [3.05, 3.63) is 50.9 Å². The molecule has 0 heterocycles. The zero-order valence-corrected chi connectivity index (χ0v) is 17.3. The van der Waals surface area contributed by atoms with Crippen LogP contribution in [0.15, 0.2) is 45.3 Å². The Kier molecular flexibility index (Phi) is 8.92. The first-order chi connectivity index (χ1) is 12.2. The van der Waals surface area contributed by atoms with E-state index in [1.807, 2.05) is 43.3 Å². The molecule has 4 nitrogen and oxygen atoms in total. The summed E-state index contributed by atoms with van der Waals surface area (Å²) in [6.07, 6.45) is 0. The van der Waals surface area contributed by atoms with Crippen molar-refractivity contribution in [2.75, 3.05) is 33.0 Å². The first-order valence-electron chi connectivity index (χ1n) is 8.13. The molecule has 0 radical (unpaired) electrons. The number of rotatable bonds is 10. The summed E-state index contributed by atoms with van der Waals surface area (Å²) < 4.78 is 18.5. The maximum absolute atomic E-state index is 9.66. The van der Waals surface area contributed by atoms with Gasteiger partial charge in [-0.15, -0.1) is 0 Å². The van der Waals surface area contributed by atoms with Crippen LogP contribution in [-0.2, 0) is 16.1 Å². The van der Waals surface area contributed by atoms with Crippen molar-refractivity contribution in [3.63, 3.8) is 0 Å². The largest absolute Gasteiger partial charge is 0.490 e. The molecular weight excluding hydrogens is 452 g/mol. The Balaban J connectivity index is 2.07. The number of halogens is 2. The Bertz CT molecular complexity index is 676. The lowest BCUT2D eigenvalue weighted by Crippen LogP contribution is -2.11. The second-order valence-electron chi connectivity index (χ2n) is 5.26. The number of aliphatic hydroxyl groups is 1. The Morgan fingerprint density at radius 3 is 2.20 bits per heavy atom. The average molecular weight is 474 g/mol. The Morgan fingerprint density at radius 1 is 0.840 bits per heavy atom. The quantitative estimate of drug-likeness (QED) is 0.503. The van der Waals surface area contributed by atoms with Crippen LogP contribution in [0, 0.1) is 0 Å². The Hall–Kier alpha value is -0.920. The fourth-order valence-corrected chi connectivity index (χ4v) is 3.12. The number of aliphatic hydroxyl groups excluding tert-OH is 1. The third-order valence-corrected chi connectivity index (χ3v) is 4.52. The normalized spacial score (nSPS) is 10.9. The number of benzene rings is 2. The maximum atomic E-state index is 9.66. The van der Waals surface area contributed by atoms with Crippen LogP contribution >= 0.6 is 31.9 Å². The molecule has 0 unspecified atom stereocenters. The highest BCUT2D eigenvalue weighted by Gasteiger charge is 2.12. The summed E-state index contributed by atoms with van der Waals surface area (Å²) in [5, 5.41) is 9.66. The summed E-state index contributed by atoms with van der Waals surface area (Å²) in [5.74, 6) is 0.750. The van der Waals surface area contributed by atoms with Gasteiger partial charge in [-0.05, 0) is 48.4 Å². The standard InChI is InChI=1S/C19H22Br2O4/c1-2-23-7-8-24-9-10-25-19-12-16(21)4-6-18(19)17-5-3-15(20)11-14(17)13-22/h3-6,11-12,22H,2,7-10,13H2,1H3. The molecule has 6 heteroatoms. The third-order valence-electron chi connectivity index (χ3n) is 3.53. The molecule has 0 saturated heterocycles. The van der Waals surface area contributed by atoms with Gasteiger partial charge in [0.1, 0.15) is 12.4 Å². The summed E-state index contributed by atoms with van der Waals surface area (Å²) in [7, 11) is 0. The monoisotopic (exact) mass is 472 g/mol. The van der Waals surface area contributed by atoms with Gasteiger partial charge in [0.05, 0.1) is 26.4 Å². The molecule has 0 bridgehead atoms. The van der Waals surface area contributed by atoms with Crippen LogP contribution in [0.1, 0.15) is 12.5 Å². The van der Waals surface area contributed by atoms with Crippen LogP contribution in [0.25, 0.3) is 11.1 Å². The fourth-order valence-electron chi connectivity index (χ4n) is 2.37. The SMILES string of the molecule is CCOCCOCCOc1cc(Br)ccc1-c1ccc(Br)cc1CO. The zero-order valence-electron chi connectivity index (χ0n) is 14.1. The number of hydrogen-bond acceptors (Lipinski definition) is 4. The van der Waals surface area contributed by atoms with Crippen molar-refractivity contribution in [2.24, 2.45) is 0 Å². The molecule has 2 aromatic rings. The Labute approximate surface area is 165 Å². The molecular formula is C19H22Br2O4.